The van der Waals surface area contributed by atoms with E-state index >= 15 is 0 Å². The predicted molar refractivity (Wildman–Crippen MR) is 71.7 cm³/mol. The van der Waals surface area contributed by atoms with Crippen LogP contribution in [-0.2, 0) is 11.3 Å². The van der Waals surface area contributed by atoms with Crippen molar-refractivity contribution in [2.75, 3.05) is 0 Å². The summed E-state index contributed by atoms with van der Waals surface area (Å²) in [7, 11) is 0. The maximum atomic E-state index is 12.7. The Morgan fingerprint density at radius 2 is 2.25 bits per heavy atom. The van der Waals surface area contributed by atoms with Crippen molar-refractivity contribution < 1.29 is 13.6 Å². The van der Waals surface area contributed by atoms with Crippen molar-refractivity contribution >= 4 is 5.91 Å². The van der Waals surface area contributed by atoms with Crippen LogP contribution in [0.15, 0.2) is 24.4 Å². The van der Waals surface area contributed by atoms with E-state index in [1.54, 1.807) is 22.9 Å². The number of amides is 1. The predicted octanol–water partition coefficient (Wildman–Crippen LogP) is 2.84. The maximum Gasteiger partial charge on any atom is 0.280 e. The van der Waals surface area contributed by atoms with Crippen LogP contribution in [0, 0.1) is 0 Å². The monoisotopic (exact) mass is 281 g/mol. The molecule has 1 atom stereocenters. The van der Waals surface area contributed by atoms with Crippen LogP contribution in [0.1, 0.15) is 32.4 Å². The van der Waals surface area contributed by atoms with Gasteiger partial charge in [0.25, 0.3) is 6.43 Å². The molecule has 2 rings (SSSR count). The van der Waals surface area contributed by atoms with Gasteiger partial charge in [-0.2, -0.15) is 0 Å². The standard InChI is InChI=1S/C14H17F2N3O/c1-3-9(2)17-12(20)8-19-6-4-5-10-7-11(13(15)16)18-14(10)19/h4-7,9,13H,3,8H2,1-2H3,(H,17,20). The molecule has 0 saturated carbocycles. The molecule has 0 aromatic heterocycles. The summed E-state index contributed by atoms with van der Waals surface area (Å²) in [6, 6.07) is 4.86. The summed E-state index contributed by atoms with van der Waals surface area (Å²) in [5.41, 5.74) is 0.349. The number of rotatable bonds is 5. The minimum absolute atomic E-state index is 0.0708. The fourth-order valence-corrected chi connectivity index (χ4v) is 1.93. The van der Waals surface area contributed by atoms with Gasteiger partial charge in [0.15, 0.2) is 0 Å². The first-order chi connectivity index (χ1) is 9.51. The summed E-state index contributed by atoms with van der Waals surface area (Å²) in [4.78, 5) is 15.8. The first-order valence-electron chi connectivity index (χ1n) is 6.54. The van der Waals surface area contributed by atoms with E-state index in [1.807, 2.05) is 13.8 Å². The van der Waals surface area contributed by atoms with Crippen molar-refractivity contribution in [2.45, 2.75) is 39.3 Å². The Bertz CT molecular complexity index is 568. The second-order valence-corrected chi connectivity index (χ2v) is 4.77. The number of halogens is 2. The molecule has 20 heavy (non-hydrogen) atoms. The number of nitrogens with one attached hydrogen (secondary N) is 1. The lowest BCUT2D eigenvalue weighted by molar-refractivity contribution is -0.122. The van der Waals surface area contributed by atoms with Gasteiger partial charge in [0.05, 0.1) is 0 Å². The molecule has 0 aromatic rings. The molecule has 0 aromatic carbocycles. The summed E-state index contributed by atoms with van der Waals surface area (Å²) < 4.78 is 26.9. The van der Waals surface area contributed by atoms with Gasteiger partial charge in [0, 0.05) is 17.8 Å². The number of hydrogen-bond acceptors (Lipinski definition) is 2. The molecule has 0 spiro atoms. The quantitative estimate of drug-likeness (QED) is 0.916. The van der Waals surface area contributed by atoms with Gasteiger partial charge < -0.3 is 9.88 Å². The van der Waals surface area contributed by atoms with E-state index in [1.165, 1.54) is 6.07 Å². The molecule has 0 aliphatic carbocycles. The molecule has 4 nitrogen and oxygen atoms in total. The van der Waals surface area contributed by atoms with Crippen LogP contribution in [0.4, 0.5) is 8.78 Å². The van der Waals surface area contributed by atoms with E-state index in [0.29, 0.717) is 11.4 Å². The second-order valence-electron chi connectivity index (χ2n) is 4.77. The molecule has 2 aliphatic rings. The zero-order chi connectivity index (χ0) is 14.7. The van der Waals surface area contributed by atoms with Gasteiger partial charge in [0.2, 0.25) is 5.91 Å². The Kier molecular flexibility index (Phi) is 4.32. The number of pyridine rings is 1. The summed E-state index contributed by atoms with van der Waals surface area (Å²) >= 11 is 0. The van der Waals surface area contributed by atoms with Crippen molar-refractivity contribution in [2.24, 2.45) is 0 Å². The van der Waals surface area contributed by atoms with Gasteiger partial charge in [-0.1, -0.05) is 6.92 Å². The van der Waals surface area contributed by atoms with E-state index in [-0.39, 0.29) is 24.2 Å². The Morgan fingerprint density at radius 3 is 2.90 bits per heavy atom. The van der Waals surface area contributed by atoms with Crippen molar-refractivity contribution in [1.29, 1.82) is 0 Å². The highest BCUT2D eigenvalue weighted by Crippen LogP contribution is 2.27. The molecule has 108 valence electrons. The van der Waals surface area contributed by atoms with E-state index in [9.17, 15) is 13.6 Å². The fourth-order valence-electron chi connectivity index (χ4n) is 1.93. The van der Waals surface area contributed by atoms with Crippen LogP contribution in [0.3, 0.4) is 0 Å². The first-order valence-corrected chi connectivity index (χ1v) is 6.54. The van der Waals surface area contributed by atoms with Crippen molar-refractivity contribution in [3.63, 3.8) is 0 Å². The highest BCUT2D eigenvalue weighted by atomic mass is 19.3. The molecule has 0 radical (unpaired) electrons. The number of hydrogen-bond donors (Lipinski definition) is 1. The van der Waals surface area contributed by atoms with Crippen molar-refractivity contribution in [3.05, 3.63) is 30.1 Å². The van der Waals surface area contributed by atoms with Crippen LogP contribution in [0.2, 0.25) is 0 Å². The molecule has 0 fully saturated rings. The third kappa shape index (κ3) is 3.12. The third-order valence-electron chi connectivity index (χ3n) is 3.17. The van der Waals surface area contributed by atoms with E-state index < -0.39 is 6.43 Å². The molecular formula is C14H17F2N3O. The SMILES string of the molecule is CCC(C)NC(=O)Cn1cccc2cc(C(F)F)nc1-2. The minimum Gasteiger partial charge on any atom is -0.352 e. The zero-order valence-electron chi connectivity index (χ0n) is 11.4. The van der Waals surface area contributed by atoms with Crippen molar-refractivity contribution in [1.82, 2.24) is 14.9 Å². The van der Waals surface area contributed by atoms with Gasteiger partial charge in [-0.3, -0.25) is 4.79 Å². The van der Waals surface area contributed by atoms with Crippen LogP contribution in [0.25, 0.3) is 11.4 Å². The Balaban J connectivity index is 2.20. The second kappa shape index (κ2) is 5.98. The number of aromatic nitrogens is 2. The van der Waals surface area contributed by atoms with E-state index in [2.05, 4.69) is 10.3 Å². The topological polar surface area (TPSA) is 46.9 Å². The lowest BCUT2D eigenvalue weighted by Gasteiger charge is -2.14. The van der Waals surface area contributed by atoms with Gasteiger partial charge in [0.1, 0.15) is 18.1 Å². The van der Waals surface area contributed by atoms with Crippen molar-refractivity contribution in [3.8, 4) is 11.4 Å². The van der Waals surface area contributed by atoms with Crippen LogP contribution < -0.4 is 5.32 Å². The minimum atomic E-state index is -2.61. The third-order valence-corrected chi connectivity index (χ3v) is 3.17. The van der Waals surface area contributed by atoms with Gasteiger partial charge in [-0.25, -0.2) is 13.8 Å². The molecule has 2 aliphatic heterocycles. The largest absolute Gasteiger partial charge is 0.352 e. The highest BCUT2D eigenvalue weighted by Gasteiger charge is 2.18. The Hall–Kier alpha value is -1.98. The molecule has 1 amide bonds. The summed E-state index contributed by atoms with van der Waals surface area (Å²) in [5, 5.41) is 2.84. The summed E-state index contributed by atoms with van der Waals surface area (Å²) in [6.45, 7) is 3.96. The Labute approximate surface area is 116 Å². The van der Waals surface area contributed by atoms with Gasteiger partial charge in [-0.05, 0) is 31.5 Å². The number of carbonyl (C=O) groups is 1. The maximum absolute atomic E-state index is 12.7. The molecule has 1 N–H and O–H groups in total. The van der Waals surface area contributed by atoms with Crippen LogP contribution >= 0.6 is 0 Å². The molecule has 6 heteroatoms. The molecular weight excluding hydrogens is 264 g/mol. The van der Waals surface area contributed by atoms with Gasteiger partial charge in [-0.15, -0.1) is 0 Å². The smallest absolute Gasteiger partial charge is 0.280 e. The average molecular weight is 281 g/mol. The summed E-state index contributed by atoms with van der Waals surface area (Å²) in [6.07, 6.45) is -0.101. The summed E-state index contributed by atoms with van der Waals surface area (Å²) in [5.74, 6) is 0.251. The van der Waals surface area contributed by atoms with E-state index in [0.717, 1.165) is 6.42 Å². The highest BCUT2D eigenvalue weighted by molar-refractivity contribution is 5.77. The fraction of sp³-hybridized carbons (Fsp3) is 0.429. The number of alkyl halides is 2. The van der Waals surface area contributed by atoms with Crippen LogP contribution in [-0.4, -0.2) is 21.5 Å². The molecule has 0 bridgehead atoms. The molecule has 1 unspecified atom stereocenters. The lowest BCUT2D eigenvalue weighted by Crippen LogP contribution is -2.34. The van der Waals surface area contributed by atoms with E-state index in [4.69, 9.17) is 0 Å². The Morgan fingerprint density at radius 1 is 1.50 bits per heavy atom. The van der Waals surface area contributed by atoms with Crippen LogP contribution in [0.5, 0.6) is 0 Å². The number of nitrogens with zero attached hydrogens (tertiary/aromatic N) is 2. The molecule has 0 saturated heterocycles. The lowest BCUT2D eigenvalue weighted by atomic mass is 10.2. The first kappa shape index (κ1) is 14.4. The molecule has 2 heterocycles. The number of fused-ring (bicyclic) bond motifs is 1. The average Bonchev–Trinajstić information content (AvgIpc) is 2.83. The number of carbonyl (C=O) groups excluding carboxylic acids is 1. The normalized spacial score (nSPS) is 12.8. The van der Waals surface area contributed by atoms with Gasteiger partial charge >= 0.3 is 0 Å². The zero-order valence-corrected chi connectivity index (χ0v) is 11.4.